The average molecular weight is 157 g/mol. The molecule has 0 aliphatic rings. The summed E-state index contributed by atoms with van der Waals surface area (Å²) in [6.45, 7) is 10.2. The van der Waals surface area contributed by atoms with Gasteiger partial charge in [0.15, 0.2) is 0 Å². The molecule has 0 aromatic heterocycles. The van der Waals surface area contributed by atoms with Crippen LogP contribution in [0.15, 0.2) is 0 Å². The molecule has 0 fully saturated rings. The van der Waals surface area contributed by atoms with Crippen LogP contribution in [0, 0.1) is 5.92 Å². The van der Waals surface area contributed by atoms with E-state index in [0.29, 0.717) is 0 Å². The second-order valence-corrected chi connectivity index (χ2v) is 3.59. The van der Waals surface area contributed by atoms with Crippen molar-refractivity contribution in [3.05, 3.63) is 0 Å². The summed E-state index contributed by atoms with van der Waals surface area (Å²) in [7, 11) is 0. The normalized spacial score (nSPS) is 13.9. The first-order chi connectivity index (χ1) is 5.22. The van der Waals surface area contributed by atoms with Crippen molar-refractivity contribution in [3.63, 3.8) is 0 Å². The smallest absolute Gasteiger partial charge is 0.00899 e. The maximum atomic E-state index is 3.57. The molecule has 0 amide bonds. The molecule has 0 aromatic carbocycles. The Labute approximate surface area is 71.6 Å². The Balaban J connectivity index is 3.51. The van der Waals surface area contributed by atoms with Gasteiger partial charge in [0.25, 0.3) is 0 Å². The van der Waals surface area contributed by atoms with Crippen molar-refractivity contribution < 1.29 is 0 Å². The maximum Gasteiger partial charge on any atom is 0.00899 e. The van der Waals surface area contributed by atoms with E-state index in [1.165, 1.54) is 25.8 Å². The SMILES string of the molecule is CCCNC(CCC)C(C)C. The summed E-state index contributed by atoms with van der Waals surface area (Å²) in [6, 6.07) is 0.736. The third kappa shape index (κ3) is 5.25. The quantitative estimate of drug-likeness (QED) is 0.625. The summed E-state index contributed by atoms with van der Waals surface area (Å²) >= 11 is 0. The van der Waals surface area contributed by atoms with Crippen molar-refractivity contribution in [2.24, 2.45) is 5.92 Å². The van der Waals surface area contributed by atoms with Gasteiger partial charge in [-0.3, -0.25) is 0 Å². The average Bonchev–Trinajstić information content (AvgIpc) is 1.97. The molecule has 1 heteroatoms. The number of hydrogen-bond acceptors (Lipinski definition) is 1. The minimum atomic E-state index is 0.736. The van der Waals surface area contributed by atoms with E-state index in [0.717, 1.165) is 12.0 Å². The van der Waals surface area contributed by atoms with Crippen LogP contribution in [-0.2, 0) is 0 Å². The lowest BCUT2D eigenvalue weighted by Gasteiger charge is -2.21. The number of hydrogen-bond donors (Lipinski definition) is 1. The zero-order valence-electron chi connectivity index (χ0n) is 8.48. The van der Waals surface area contributed by atoms with Crippen LogP contribution in [0.4, 0.5) is 0 Å². The molecular formula is C10H23N. The van der Waals surface area contributed by atoms with Gasteiger partial charge >= 0.3 is 0 Å². The first-order valence-electron chi connectivity index (χ1n) is 4.95. The van der Waals surface area contributed by atoms with E-state index >= 15 is 0 Å². The predicted molar refractivity (Wildman–Crippen MR) is 51.8 cm³/mol. The van der Waals surface area contributed by atoms with Crippen molar-refractivity contribution in [2.45, 2.75) is 53.0 Å². The van der Waals surface area contributed by atoms with Gasteiger partial charge in [-0.25, -0.2) is 0 Å². The molecule has 0 aromatic rings. The lowest BCUT2D eigenvalue weighted by molar-refractivity contribution is 0.375. The third-order valence-corrected chi connectivity index (χ3v) is 2.06. The summed E-state index contributed by atoms with van der Waals surface area (Å²) < 4.78 is 0. The molecule has 0 bridgehead atoms. The summed E-state index contributed by atoms with van der Waals surface area (Å²) in [5.74, 6) is 0.779. The van der Waals surface area contributed by atoms with E-state index in [-0.39, 0.29) is 0 Å². The molecule has 0 aliphatic heterocycles. The highest BCUT2D eigenvalue weighted by Gasteiger charge is 2.09. The van der Waals surface area contributed by atoms with Crippen LogP contribution in [0.25, 0.3) is 0 Å². The molecule has 0 aliphatic carbocycles. The van der Waals surface area contributed by atoms with Gasteiger partial charge in [-0.1, -0.05) is 34.1 Å². The highest BCUT2D eigenvalue weighted by atomic mass is 14.9. The zero-order valence-corrected chi connectivity index (χ0v) is 8.48. The molecule has 0 spiro atoms. The first-order valence-corrected chi connectivity index (χ1v) is 4.95. The van der Waals surface area contributed by atoms with Gasteiger partial charge in [-0.2, -0.15) is 0 Å². The van der Waals surface area contributed by atoms with Crippen LogP contribution in [0.3, 0.4) is 0 Å². The fourth-order valence-electron chi connectivity index (χ4n) is 1.31. The molecule has 1 nitrogen and oxygen atoms in total. The summed E-state index contributed by atoms with van der Waals surface area (Å²) in [6.07, 6.45) is 3.85. The Morgan fingerprint density at radius 3 is 2.09 bits per heavy atom. The van der Waals surface area contributed by atoms with Crippen molar-refractivity contribution >= 4 is 0 Å². The number of rotatable bonds is 6. The van der Waals surface area contributed by atoms with Crippen LogP contribution in [-0.4, -0.2) is 12.6 Å². The van der Waals surface area contributed by atoms with Gasteiger partial charge in [0.05, 0.1) is 0 Å². The molecule has 0 saturated carbocycles. The molecule has 0 heterocycles. The minimum Gasteiger partial charge on any atom is -0.314 e. The van der Waals surface area contributed by atoms with E-state index in [2.05, 4.69) is 33.0 Å². The van der Waals surface area contributed by atoms with Crippen LogP contribution in [0.1, 0.15) is 47.0 Å². The van der Waals surface area contributed by atoms with E-state index < -0.39 is 0 Å². The Morgan fingerprint density at radius 2 is 1.73 bits per heavy atom. The molecule has 1 N–H and O–H groups in total. The van der Waals surface area contributed by atoms with Gasteiger partial charge in [-0.15, -0.1) is 0 Å². The largest absolute Gasteiger partial charge is 0.314 e. The van der Waals surface area contributed by atoms with E-state index in [4.69, 9.17) is 0 Å². The van der Waals surface area contributed by atoms with Crippen molar-refractivity contribution in [1.82, 2.24) is 5.32 Å². The lowest BCUT2D eigenvalue weighted by atomic mass is 10.00. The summed E-state index contributed by atoms with van der Waals surface area (Å²) in [5, 5.41) is 3.57. The minimum absolute atomic E-state index is 0.736. The Kier molecular flexibility index (Phi) is 6.63. The van der Waals surface area contributed by atoms with Crippen LogP contribution in [0.2, 0.25) is 0 Å². The molecule has 1 atom stereocenters. The van der Waals surface area contributed by atoms with Gasteiger partial charge in [0, 0.05) is 6.04 Å². The van der Waals surface area contributed by atoms with Crippen molar-refractivity contribution in [3.8, 4) is 0 Å². The molecule has 68 valence electrons. The molecule has 0 saturated heterocycles. The summed E-state index contributed by atoms with van der Waals surface area (Å²) in [4.78, 5) is 0. The summed E-state index contributed by atoms with van der Waals surface area (Å²) in [5.41, 5.74) is 0. The molecule has 0 radical (unpaired) electrons. The van der Waals surface area contributed by atoms with Crippen LogP contribution in [0.5, 0.6) is 0 Å². The van der Waals surface area contributed by atoms with Gasteiger partial charge in [0.1, 0.15) is 0 Å². The van der Waals surface area contributed by atoms with E-state index in [9.17, 15) is 0 Å². The number of nitrogens with one attached hydrogen (secondary N) is 1. The second kappa shape index (κ2) is 6.66. The van der Waals surface area contributed by atoms with Gasteiger partial charge in [-0.05, 0) is 25.3 Å². The zero-order chi connectivity index (χ0) is 8.69. The molecular weight excluding hydrogens is 134 g/mol. The monoisotopic (exact) mass is 157 g/mol. The Bertz CT molecular complexity index is 78.9. The molecule has 1 unspecified atom stereocenters. The Morgan fingerprint density at radius 1 is 1.09 bits per heavy atom. The molecule has 11 heavy (non-hydrogen) atoms. The maximum absolute atomic E-state index is 3.57. The van der Waals surface area contributed by atoms with E-state index in [1.54, 1.807) is 0 Å². The van der Waals surface area contributed by atoms with Gasteiger partial charge in [0.2, 0.25) is 0 Å². The second-order valence-electron chi connectivity index (χ2n) is 3.59. The van der Waals surface area contributed by atoms with Crippen LogP contribution >= 0.6 is 0 Å². The Hall–Kier alpha value is -0.0400. The lowest BCUT2D eigenvalue weighted by Crippen LogP contribution is -2.34. The first kappa shape index (κ1) is 11.0. The molecule has 0 rings (SSSR count). The highest BCUT2D eigenvalue weighted by molar-refractivity contribution is 4.68. The van der Waals surface area contributed by atoms with Crippen molar-refractivity contribution in [1.29, 1.82) is 0 Å². The fourth-order valence-corrected chi connectivity index (χ4v) is 1.31. The predicted octanol–water partition coefficient (Wildman–Crippen LogP) is 2.81. The van der Waals surface area contributed by atoms with Crippen LogP contribution < -0.4 is 5.32 Å². The van der Waals surface area contributed by atoms with Gasteiger partial charge < -0.3 is 5.32 Å². The third-order valence-electron chi connectivity index (χ3n) is 2.06. The van der Waals surface area contributed by atoms with E-state index in [1.807, 2.05) is 0 Å². The standard InChI is InChI=1S/C10H23N/c1-5-7-10(9(3)4)11-8-6-2/h9-11H,5-8H2,1-4H3. The fraction of sp³-hybridized carbons (Fsp3) is 1.00. The highest BCUT2D eigenvalue weighted by Crippen LogP contribution is 2.07. The van der Waals surface area contributed by atoms with Crippen molar-refractivity contribution in [2.75, 3.05) is 6.54 Å². The topological polar surface area (TPSA) is 12.0 Å².